The summed E-state index contributed by atoms with van der Waals surface area (Å²) in [6, 6.07) is 5.03. The number of H-pyrrole nitrogens is 1. The Bertz CT molecular complexity index is 664. The minimum atomic E-state index is -3.45. The fraction of sp³-hybridized carbons (Fsp3) is 0.417. The van der Waals surface area contributed by atoms with Crippen LogP contribution in [0.2, 0.25) is 0 Å². The van der Waals surface area contributed by atoms with Crippen LogP contribution in [0.1, 0.15) is 13.3 Å². The molecule has 1 aromatic heterocycles. The minimum absolute atomic E-state index is 0.0341. The molecule has 0 atom stereocenters. The number of sulfone groups is 1. The van der Waals surface area contributed by atoms with Crippen molar-refractivity contribution < 1.29 is 13.2 Å². The van der Waals surface area contributed by atoms with Crippen molar-refractivity contribution in [3.8, 4) is 0 Å². The Morgan fingerprint density at radius 3 is 2.89 bits per heavy atom. The lowest BCUT2D eigenvalue weighted by molar-refractivity contribution is 0.149. The number of hydrogen-bond acceptors (Lipinski definition) is 5. The number of benzene rings is 1. The summed E-state index contributed by atoms with van der Waals surface area (Å²) in [6.45, 7) is 2.71. The van der Waals surface area contributed by atoms with Crippen molar-refractivity contribution in [2.75, 3.05) is 24.7 Å². The van der Waals surface area contributed by atoms with Crippen molar-refractivity contribution in [3.63, 3.8) is 0 Å². The second-order valence-electron chi connectivity index (χ2n) is 4.25. The number of nitrogen functional groups attached to an aromatic ring is 1. The molecule has 0 saturated heterocycles. The van der Waals surface area contributed by atoms with Gasteiger partial charge < -0.3 is 15.5 Å². The summed E-state index contributed by atoms with van der Waals surface area (Å²) in [5.74, 6) is -0.0810. The Balaban J connectivity index is 2.18. The van der Waals surface area contributed by atoms with Crippen LogP contribution < -0.4 is 5.73 Å². The average Bonchev–Trinajstić information content (AvgIpc) is 2.78. The average molecular weight is 283 g/mol. The van der Waals surface area contributed by atoms with Crippen LogP contribution in [0.5, 0.6) is 0 Å². The maximum Gasteiger partial charge on any atom is 0.226 e. The summed E-state index contributed by atoms with van der Waals surface area (Å²) < 4.78 is 29.3. The van der Waals surface area contributed by atoms with Gasteiger partial charge in [0.05, 0.1) is 23.4 Å². The maximum atomic E-state index is 12.0. The van der Waals surface area contributed by atoms with Crippen LogP contribution in [0.3, 0.4) is 0 Å². The number of nitrogens with one attached hydrogen (secondary N) is 1. The van der Waals surface area contributed by atoms with Crippen molar-refractivity contribution in [1.82, 2.24) is 9.97 Å². The van der Waals surface area contributed by atoms with Gasteiger partial charge in [-0.05, 0) is 24.6 Å². The van der Waals surface area contributed by atoms with E-state index in [-0.39, 0.29) is 17.5 Å². The fourth-order valence-corrected chi connectivity index (χ4v) is 2.70. The van der Waals surface area contributed by atoms with E-state index in [1.165, 1.54) is 0 Å². The molecule has 0 unspecified atom stereocenters. The molecule has 2 rings (SSSR count). The minimum Gasteiger partial charge on any atom is -0.399 e. The summed E-state index contributed by atoms with van der Waals surface area (Å²) in [5.41, 5.74) is 7.40. The molecular formula is C12H17N3O3S. The van der Waals surface area contributed by atoms with Gasteiger partial charge in [0.25, 0.3) is 0 Å². The van der Waals surface area contributed by atoms with E-state index in [1.54, 1.807) is 18.2 Å². The molecule has 104 valence electrons. The molecule has 1 heterocycles. The van der Waals surface area contributed by atoms with Gasteiger partial charge in [-0.2, -0.15) is 0 Å². The number of nitrogens with zero attached hydrogens (tertiary/aromatic N) is 1. The second-order valence-corrected chi connectivity index (χ2v) is 6.27. The van der Waals surface area contributed by atoms with E-state index in [1.807, 2.05) is 6.92 Å². The molecule has 0 aliphatic carbocycles. The molecule has 0 fully saturated rings. The zero-order valence-electron chi connectivity index (χ0n) is 10.7. The summed E-state index contributed by atoms with van der Waals surface area (Å²) >= 11 is 0. The van der Waals surface area contributed by atoms with Crippen LogP contribution in [0.15, 0.2) is 23.4 Å². The van der Waals surface area contributed by atoms with Gasteiger partial charge in [0.2, 0.25) is 15.0 Å². The number of imidazole rings is 1. The molecule has 7 heteroatoms. The molecule has 3 N–H and O–H groups in total. The van der Waals surface area contributed by atoms with Gasteiger partial charge in [-0.15, -0.1) is 0 Å². The maximum absolute atomic E-state index is 12.0. The van der Waals surface area contributed by atoms with Gasteiger partial charge >= 0.3 is 0 Å². The molecule has 0 aliphatic heterocycles. The quantitative estimate of drug-likeness (QED) is 0.616. The highest BCUT2D eigenvalue weighted by atomic mass is 32.2. The number of nitrogens with two attached hydrogens (primary N) is 1. The number of hydrogen-bond donors (Lipinski definition) is 2. The summed E-state index contributed by atoms with van der Waals surface area (Å²) in [4.78, 5) is 6.85. The Morgan fingerprint density at radius 1 is 1.37 bits per heavy atom. The van der Waals surface area contributed by atoms with Crippen LogP contribution in [0.4, 0.5) is 5.69 Å². The predicted octanol–water partition coefficient (Wildman–Crippen LogP) is 1.35. The van der Waals surface area contributed by atoms with Crippen LogP contribution in [-0.2, 0) is 14.6 Å². The third-order valence-electron chi connectivity index (χ3n) is 2.62. The Kier molecular flexibility index (Phi) is 4.06. The highest BCUT2D eigenvalue weighted by molar-refractivity contribution is 7.91. The number of anilines is 1. The number of fused-ring (bicyclic) bond motifs is 1. The highest BCUT2D eigenvalue weighted by Crippen LogP contribution is 2.17. The molecule has 0 saturated carbocycles. The van der Waals surface area contributed by atoms with E-state index < -0.39 is 9.84 Å². The first kappa shape index (κ1) is 13.8. The van der Waals surface area contributed by atoms with Gasteiger partial charge in [-0.25, -0.2) is 13.4 Å². The topological polar surface area (TPSA) is 98.1 Å². The van der Waals surface area contributed by atoms with E-state index in [0.29, 0.717) is 23.3 Å². The number of ether oxygens (including phenoxy) is 1. The molecule has 19 heavy (non-hydrogen) atoms. The molecule has 0 amide bonds. The standard InChI is InChI=1S/C12H17N3O3S/c1-2-5-18-6-7-19(16,17)12-14-10-4-3-9(13)8-11(10)15-12/h3-4,8H,2,5-7,13H2,1H3,(H,14,15). The van der Waals surface area contributed by atoms with E-state index in [4.69, 9.17) is 10.5 Å². The van der Waals surface area contributed by atoms with Crippen molar-refractivity contribution >= 4 is 26.6 Å². The zero-order chi connectivity index (χ0) is 13.9. The number of aromatic nitrogens is 2. The van der Waals surface area contributed by atoms with Gasteiger partial charge in [-0.1, -0.05) is 6.92 Å². The highest BCUT2D eigenvalue weighted by Gasteiger charge is 2.19. The van der Waals surface area contributed by atoms with Crippen LogP contribution in [0, 0.1) is 0 Å². The first-order chi connectivity index (χ1) is 9.03. The molecule has 0 radical (unpaired) electrons. The normalized spacial score (nSPS) is 12.1. The molecule has 2 aromatic rings. The van der Waals surface area contributed by atoms with Crippen molar-refractivity contribution in [2.45, 2.75) is 18.5 Å². The van der Waals surface area contributed by atoms with E-state index in [9.17, 15) is 8.42 Å². The fourth-order valence-electron chi connectivity index (χ4n) is 1.66. The van der Waals surface area contributed by atoms with E-state index in [0.717, 1.165) is 6.42 Å². The van der Waals surface area contributed by atoms with Gasteiger partial charge in [0, 0.05) is 12.3 Å². The molecular weight excluding hydrogens is 266 g/mol. The van der Waals surface area contributed by atoms with Gasteiger partial charge in [-0.3, -0.25) is 0 Å². The van der Waals surface area contributed by atoms with E-state index >= 15 is 0 Å². The lowest BCUT2D eigenvalue weighted by atomic mass is 10.3. The Labute approximate surface area is 111 Å². The summed E-state index contributed by atoms with van der Waals surface area (Å²) in [6.07, 6.45) is 0.865. The lowest BCUT2D eigenvalue weighted by Gasteiger charge is -2.02. The number of rotatable bonds is 6. The van der Waals surface area contributed by atoms with Gasteiger partial charge in [0.15, 0.2) is 0 Å². The molecule has 1 aromatic carbocycles. The monoisotopic (exact) mass is 283 g/mol. The largest absolute Gasteiger partial charge is 0.399 e. The second kappa shape index (κ2) is 5.58. The van der Waals surface area contributed by atoms with Crippen LogP contribution in [0.25, 0.3) is 11.0 Å². The molecule has 0 spiro atoms. The van der Waals surface area contributed by atoms with Crippen molar-refractivity contribution in [1.29, 1.82) is 0 Å². The third-order valence-corrected chi connectivity index (χ3v) is 4.11. The summed E-state index contributed by atoms with van der Waals surface area (Å²) in [5, 5.41) is -0.0341. The number of aromatic amines is 1. The van der Waals surface area contributed by atoms with E-state index in [2.05, 4.69) is 9.97 Å². The Morgan fingerprint density at radius 2 is 2.16 bits per heavy atom. The first-order valence-electron chi connectivity index (χ1n) is 6.08. The lowest BCUT2D eigenvalue weighted by Crippen LogP contribution is -2.14. The smallest absolute Gasteiger partial charge is 0.226 e. The Hall–Kier alpha value is -1.60. The molecule has 6 nitrogen and oxygen atoms in total. The third kappa shape index (κ3) is 3.24. The SMILES string of the molecule is CCCOCCS(=O)(=O)c1nc2ccc(N)cc2[nH]1. The van der Waals surface area contributed by atoms with Gasteiger partial charge in [0.1, 0.15) is 0 Å². The van der Waals surface area contributed by atoms with Crippen LogP contribution >= 0.6 is 0 Å². The zero-order valence-corrected chi connectivity index (χ0v) is 11.5. The first-order valence-corrected chi connectivity index (χ1v) is 7.74. The van der Waals surface area contributed by atoms with Crippen molar-refractivity contribution in [3.05, 3.63) is 18.2 Å². The van der Waals surface area contributed by atoms with Crippen LogP contribution in [-0.4, -0.2) is 37.4 Å². The summed E-state index contributed by atoms with van der Waals surface area (Å²) in [7, 11) is -3.45. The predicted molar refractivity (Wildman–Crippen MR) is 73.7 cm³/mol. The molecule has 0 bridgehead atoms. The molecule has 0 aliphatic rings. The van der Waals surface area contributed by atoms with Crippen molar-refractivity contribution in [2.24, 2.45) is 0 Å².